The lowest BCUT2D eigenvalue weighted by Crippen LogP contribution is -2.45. The molecule has 0 aromatic heterocycles. The Morgan fingerprint density at radius 2 is 1.35 bits per heavy atom. The smallest absolute Gasteiger partial charge is 0.226 e. The fourth-order valence-electron chi connectivity index (χ4n) is 2.20. The number of nitrogens with one attached hydrogen (secondary N) is 1. The van der Waals surface area contributed by atoms with E-state index in [2.05, 4.69) is 5.32 Å². The maximum Gasteiger partial charge on any atom is 0.226 e. The Labute approximate surface area is 105 Å². The van der Waals surface area contributed by atoms with E-state index in [1.165, 1.54) is 0 Å². The zero-order chi connectivity index (χ0) is 13.7. The van der Waals surface area contributed by atoms with E-state index in [9.17, 15) is 9.59 Å². The second-order valence-corrected chi connectivity index (χ2v) is 5.39. The minimum atomic E-state index is -0.269. The van der Waals surface area contributed by atoms with Crippen LogP contribution in [0.2, 0.25) is 0 Å². The Hall–Kier alpha value is -1.06. The van der Waals surface area contributed by atoms with E-state index in [0.717, 1.165) is 0 Å². The number of hydrogen-bond donors (Lipinski definition) is 1. The van der Waals surface area contributed by atoms with Gasteiger partial charge < -0.3 is 10.2 Å². The van der Waals surface area contributed by atoms with Crippen LogP contribution in [0.1, 0.15) is 27.7 Å². The summed E-state index contributed by atoms with van der Waals surface area (Å²) in [6.07, 6.45) is 0. The Morgan fingerprint density at radius 1 is 0.941 bits per heavy atom. The number of rotatable bonds is 5. The molecule has 1 N–H and O–H groups in total. The zero-order valence-electron chi connectivity index (χ0n) is 12.1. The van der Waals surface area contributed by atoms with Gasteiger partial charge in [0.1, 0.15) is 0 Å². The first-order valence-corrected chi connectivity index (χ1v) is 6.16. The van der Waals surface area contributed by atoms with E-state index in [1.54, 1.807) is 26.0 Å². The average Bonchev–Trinajstić information content (AvgIpc) is 2.22. The van der Waals surface area contributed by atoms with E-state index in [1.807, 2.05) is 27.7 Å². The first-order chi connectivity index (χ1) is 7.73. The highest BCUT2D eigenvalue weighted by Gasteiger charge is 2.38. The van der Waals surface area contributed by atoms with Crippen molar-refractivity contribution < 1.29 is 9.59 Å². The molecule has 0 aliphatic rings. The van der Waals surface area contributed by atoms with Gasteiger partial charge in [0, 0.05) is 21.1 Å². The SMILES string of the molecule is CNC(=O)C(C(C)C)C(C(=O)N(C)C)C(C)C. The van der Waals surface area contributed by atoms with Crippen LogP contribution in [-0.2, 0) is 9.59 Å². The van der Waals surface area contributed by atoms with E-state index >= 15 is 0 Å². The summed E-state index contributed by atoms with van der Waals surface area (Å²) < 4.78 is 0. The van der Waals surface area contributed by atoms with Gasteiger partial charge in [0.25, 0.3) is 0 Å². The van der Waals surface area contributed by atoms with Gasteiger partial charge in [-0.3, -0.25) is 9.59 Å². The fourth-order valence-corrected chi connectivity index (χ4v) is 2.20. The summed E-state index contributed by atoms with van der Waals surface area (Å²) in [7, 11) is 5.09. The largest absolute Gasteiger partial charge is 0.359 e. The zero-order valence-corrected chi connectivity index (χ0v) is 12.1. The topological polar surface area (TPSA) is 49.4 Å². The standard InChI is InChI=1S/C13H26N2O2/c1-8(2)10(12(16)14-5)11(9(3)4)13(17)15(6)7/h8-11H,1-7H3,(H,14,16). The van der Waals surface area contributed by atoms with Crippen LogP contribution in [0.15, 0.2) is 0 Å². The van der Waals surface area contributed by atoms with Crippen molar-refractivity contribution >= 4 is 11.8 Å². The van der Waals surface area contributed by atoms with Crippen molar-refractivity contribution in [2.45, 2.75) is 27.7 Å². The van der Waals surface area contributed by atoms with Gasteiger partial charge in [0.15, 0.2) is 0 Å². The summed E-state index contributed by atoms with van der Waals surface area (Å²) in [5.74, 6) is -0.253. The predicted octanol–water partition coefficient (Wildman–Crippen LogP) is 1.36. The summed E-state index contributed by atoms with van der Waals surface area (Å²) in [6, 6.07) is 0. The van der Waals surface area contributed by atoms with Crippen LogP contribution in [0, 0.1) is 23.7 Å². The molecule has 100 valence electrons. The van der Waals surface area contributed by atoms with E-state index < -0.39 is 0 Å². The van der Waals surface area contributed by atoms with Gasteiger partial charge in [-0.25, -0.2) is 0 Å². The Balaban J connectivity index is 5.25. The van der Waals surface area contributed by atoms with Gasteiger partial charge in [-0.2, -0.15) is 0 Å². The quantitative estimate of drug-likeness (QED) is 0.791. The van der Waals surface area contributed by atoms with Gasteiger partial charge in [-0.1, -0.05) is 27.7 Å². The Bertz CT molecular complexity index is 273. The van der Waals surface area contributed by atoms with Crippen LogP contribution in [-0.4, -0.2) is 37.9 Å². The van der Waals surface area contributed by atoms with E-state index in [0.29, 0.717) is 0 Å². The molecule has 17 heavy (non-hydrogen) atoms. The Morgan fingerprint density at radius 3 is 1.59 bits per heavy atom. The molecule has 0 radical (unpaired) electrons. The lowest BCUT2D eigenvalue weighted by molar-refractivity contribution is -0.143. The number of hydrogen-bond acceptors (Lipinski definition) is 2. The highest BCUT2D eigenvalue weighted by atomic mass is 16.2. The molecular formula is C13H26N2O2. The second kappa shape index (κ2) is 6.62. The molecule has 0 aromatic rings. The van der Waals surface area contributed by atoms with Crippen LogP contribution in [0.3, 0.4) is 0 Å². The highest BCUT2D eigenvalue weighted by molar-refractivity contribution is 5.87. The molecule has 4 heteroatoms. The van der Waals surface area contributed by atoms with Gasteiger partial charge in [0.2, 0.25) is 11.8 Å². The third-order valence-corrected chi connectivity index (χ3v) is 3.10. The fraction of sp³-hybridized carbons (Fsp3) is 0.846. The van der Waals surface area contributed by atoms with Crippen molar-refractivity contribution in [1.82, 2.24) is 10.2 Å². The van der Waals surface area contributed by atoms with Crippen LogP contribution >= 0.6 is 0 Å². The van der Waals surface area contributed by atoms with Gasteiger partial charge in [-0.15, -0.1) is 0 Å². The molecule has 0 fully saturated rings. The Kier molecular flexibility index (Phi) is 6.21. The molecule has 0 aliphatic carbocycles. The summed E-state index contributed by atoms with van der Waals surface area (Å²) in [5, 5.41) is 2.67. The molecule has 2 unspecified atom stereocenters. The van der Waals surface area contributed by atoms with Gasteiger partial charge >= 0.3 is 0 Å². The maximum atomic E-state index is 12.2. The van der Waals surface area contributed by atoms with Crippen molar-refractivity contribution in [3.63, 3.8) is 0 Å². The molecule has 4 nitrogen and oxygen atoms in total. The van der Waals surface area contributed by atoms with Gasteiger partial charge in [-0.05, 0) is 11.8 Å². The molecule has 0 spiro atoms. The number of amides is 2. The van der Waals surface area contributed by atoms with Crippen LogP contribution < -0.4 is 5.32 Å². The minimum absolute atomic E-state index is 0.0299. The average molecular weight is 242 g/mol. The molecule has 0 heterocycles. The van der Waals surface area contributed by atoms with Crippen LogP contribution in [0.25, 0.3) is 0 Å². The predicted molar refractivity (Wildman–Crippen MR) is 69.4 cm³/mol. The van der Waals surface area contributed by atoms with Crippen molar-refractivity contribution in [2.24, 2.45) is 23.7 Å². The first-order valence-electron chi connectivity index (χ1n) is 6.16. The summed E-state index contributed by atoms with van der Waals surface area (Å²) in [4.78, 5) is 25.7. The van der Waals surface area contributed by atoms with E-state index in [-0.39, 0.29) is 35.5 Å². The highest BCUT2D eigenvalue weighted by Crippen LogP contribution is 2.29. The molecular weight excluding hydrogens is 216 g/mol. The molecule has 2 amide bonds. The molecule has 0 aromatic carbocycles. The minimum Gasteiger partial charge on any atom is -0.359 e. The number of carbonyl (C=O) groups is 2. The summed E-state index contributed by atoms with van der Waals surface area (Å²) >= 11 is 0. The monoisotopic (exact) mass is 242 g/mol. The van der Waals surface area contributed by atoms with Crippen molar-refractivity contribution in [3.05, 3.63) is 0 Å². The molecule has 0 aliphatic heterocycles. The lowest BCUT2D eigenvalue weighted by Gasteiger charge is -2.32. The molecule has 0 saturated heterocycles. The van der Waals surface area contributed by atoms with Crippen LogP contribution in [0.5, 0.6) is 0 Å². The van der Waals surface area contributed by atoms with Crippen molar-refractivity contribution in [3.8, 4) is 0 Å². The van der Waals surface area contributed by atoms with Crippen molar-refractivity contribution in [2.75, 3.05) is 21.1 Å². The third kappa shape index (κ3) is 4.02. The first kappa shape index (κ1) is 15.9. The number of carbonyl (C=O) groups excluding carboxylic acids is 2. The summed E-state index contributed by atoms with van der Waals surface area (Å²) in [6.45, 7) is 7.95. The van der Waals surface area contributed by atoms with Crippen LogP contribution in [0.4, 0.5) is 0 Å². The van der Waals surface area contributed by atoms with Gasteiger partial charge in [0.05, 0.1) is 11.8 Å². The van der Waals surface area contributed by atoms with E-state index in [4.69, 9.17) is 0 Å². The summed E-state index contributed by atoms with van der Waals surface area (Å²) in [5.41, 5.74) is 0. The number of nitrogens with zero attached hydrogens (tertiary/aromatic N) is 1. The maximum absolute atomic E-state index is 12.2. The normalized spacial score (nSPS) is 14.6. The lowest BCUT2D eigenvalue weighted by atomic mass is 9.76. The molecule has 0 rings (SSSR count). The second-order valence-electron chi connectivity index (χ2n) is 5.39. The van der Waals surface area contributed by atoms with Crippen molar-refractivity contribution in [1.29, 1.82) is 0 Å². The molecule has 0 bridgehead atoms. The molecule has 2 atom stereocenters. The third-order valence-electron chi connectivity index (χ3n) is 3.10. The molecule has 0 saturated carbocycles.